The number of anilines is 1. The average molecular weight is 517 g/mol. The number of benzene rings is 3. The molecule has 0 bridgehead atoms. The predicted molar refractivity (Wildman–Crippen MR) is 121 cm³/mol. The predicted octanol–water partition coefficient (Wildman–Crippen LogP) is 5.84. The van der Waals surface area contributed by atoms with Crippen molar-refractivity contribution in [2.75, 3.05) is 11.9 Å². The number of halogens is 5. The molecule has 0 saturated heterocycles. The molecule has 0 atom stereocenters. The quantitative estimate of drug-likeness (QED) is 0.428. The molecule has 0 radical (unpaired) electrons. The molecule has 0 spiro atoms. The molecule has 0 aliphatic rings. The molecule has 0 heterocycles. The average Bonchev–Trinajstić information content (AvgIpc) is 2.76. The van der Waals surface area contributed by atoms with Crippen molar-refractivity contribution in [3.8, 4) is 0 Å². The highest BCUT2D eigenvalue weighted by atomic mass is 35.5. The van der Waals surface area contributed by atoms with E-state index in [0.29, 0.717) is 5.56 Å². The fourth-order valence-corrected chi connectivity index (χ4v) is 4.72. The standard InChI is InChI=1S/C22H17Cl2F3N2O3S/c23-18-11-10-15(12-19(18)24)13-29(33(31,32)16-6-2-1-3-7-16)14-21(30)28-20-9-5-4-8-17(20)22(25,26)27/h1-12H,13-14H2,(H,28,30). The molecule has 11 heteroatoms. The highest BCUT2D eigenvalue weighted by molar-refractivity contribution is 7.89. The maximum absolute atomic E-state index is 13.2. The van der Waals surface area contributed by atoms with Crippen LogP contribution < -0.4 is 5.32 Å². The first-order valence-corrected chi connectivity index (χ1v) is 11.6. The zero-order valence-electron chi connectivity index (χ0n) is 16.8. The molecule has 0 unspecified atom stereocenters. The zero-order valence-corrected chi connectivity index (χ0v) is 19.1. The molecule has 1 amide bonds. The number of carbonyl (C=O) groups excluding carboxylic acids is 1. The molecule has 5 nitrogen and oxygen atoms in total. The molecule has 0 aromatic heterocycles. The minimum Gasteiger partial charge on any atom is -0.324 e. The number of alkyl halides is 3. The van der Waals surface area contributed by atoms with Crippen LogP contribution in [-0.2, 0) is 27.5 Å². The molecular weight excluding hydrogens is 500 g/mol. The summed E-state index contributed by atoms with van der Waals surface area (Å²) in [5.41, 5.74) is -1.07. The molecule has 1 N–H and O–H groups in total. The number of carbonyl (C=O) groups is 1. The van der Waals surface area contributed by atoms with E-state index in [1.165, 1.54) is 48.5 Å². The van der Waals surface area contributed by atoms with Crippen LogP contribution in [0, 0.1) is 0 Å². The first-order valence-electron chi connectivity index (χ1n) is 9.43. The first kappa shape index (κ1) is 25.0. The Morgan fingerprint density at radius 2 is 1.55 bits per heavy atom. The van der Waals surface area contributed by atoms with E-state index in [2.05, 4.69) is 5.32 Å². The highest BCUT2D eigenvalue weighted by Crippen LogP contribution is 2.34. The van der Waals surface area contributed by atoms with Gasteiger partial charge >= 0.3 is 6.18 Å². The van der Waals surface area contributed by atoms with Crippen molar-refractivity contribution in [1.82, 2.24) is 4.31 Å². The van der Waals surface area contributed by atoms with Gasteiger partial charge in [-0.3, -0.25) is 4.79 Å². The normalized spacial score (nSPS) is 12.1. The molecule has 0 fully saturated rings. The van der Waals surface area contributed by atoms with E-state index >= 15 is 0 Å². The van der Waals surface area contributed by atoms with E-state index in [4.69, 9.17) is 23.2 Å². The van der Waals surface area contributed by atoms with Crippen LogP contribution >= 0.6 is 23.2 Å². The largest absolute Gasteiger partial charge is 0.418 e. The highest BCUT2D eigenvalue weighted by Gasteiger charge is 2.34. The van der Waals surface area contributed by atoms with E-state index in [9.17, 15) is 26.4 Å². The summed E-state index contributed by atoms with van der Waals surface area (Å²) in [5, 5.41) is 2.62. The van der Waals surface area contributed by atoms with Gasteiger partial charge in [-0.25, -0.2) is 8.42 Å². The van der Waals surface area contributed by atoms with Gasteiger partial charge in [-0.2, -0.15) is 17.5 Å². The van der Waals surface area contributed by atoms with Crippen LogP contribution in [-0.4, -0.2) is 25.2 Å². The number of nitrogens with zero attached hydrogens (tertiary/aromatic N) is 1. The minimum absolute atomic E-state index is 0.0754. The van der Waals surface area contributed by atoms with Gasteiger partial charge in [0.15, 0.2) is 0 Å². The van der Waals surface area contributed by atoms with Crippen LogP contribution in [0.25, 0.3) is 0 Å². The maximum atomic E-state index is 13.2. The third-order valence-corrected chi connectivity index (χ3v) is 7.10. The Labute approximate surface area is 198 Å². The van der Waals surface area contributed by atoms with Gasteiger partial charge in [0.25, 0.3) is 0 Å². The van der Waals surface area contributed by atoms with Gasteiger partial charge in [-0.05, 0) is 42.0 Å². The van der Waals surface area contributed by atoms with Crippen LogP contribution in [0.4, 0.5) is 18.9 Å². The van der Waals surface area contributed by atoms with E-state index in [-0.39, 0.29) is 21.5 Å². The summed E-state index contributed by atoms with van der Waals surface area (Å²) >= 11 is 11.9. The summed E-state index contributed by atoms with van der Waals surface area (Å²) in [6, 6.07) is 16.3. The maximum Gasteiger partial charge on any atom is 0.418 e. The molecule has 3 aromatic rings. The molecule has 3 aromatic carbocycles. The van der Waals surface area contributed by atoms with Crippen LogP contribution in [0.3, 0.4) is 0 Å². The summed E-state index contributed by atoms with van der Waals surface area (Å²) in [6.07, 6.45) is -4.69. The summed E-state index contributed by atoms with van der Waals surface area (Å²) in [6.45, 7) is -0.994. The first-order chi connectivity index (χ1) is 15.5. The third-order valence-electron chi connectivity index (χ3n) is 4.55. The second-order valence-electron chi connectivity index (χ2n) is 6.93. The van der Waals surface area contributed by atoms with Crippen molar-refractivity contribution in [1.29, 1.82) is 0 Å². The van der Waals surface area contributed by atoms with E-state index in [0.717, 1.165) is 16.4 Å². The smallest absolute Gasteiger partial charge is 0.324 e. The fraction of sp³-hybridized carbons (Fsp3) is 0.136. The van der Waals surface area contributed by atoms with Crippen molar-refractivity contribution in [2.45, 2.75) is 17.6 Å². The number of amides is 1. The molecule has 174 valence electrons. The second kappa shape index (κ2) is 10.1. The van der Waals surface area contributed by atoms with Crippen molar-refractivity contribution in [2.24, 2.45) is 0 Å². The Hall–Kier alpha value is -2.59. The SMILES string of the molecule is O=C(CN(Cc1ccc(Cl)c(Cl)c1)S(=O)(=O)c1ccccc1)Nc1ccccc1C(F)(F)F. The van der Waals surface area contributed by atoms with Gasteiger partial charge in [0.1, 0.15) is 0 Å². The number of sulfonamides is 1. The lowest BCUT2D eigenvalue weighted by atomic mass is 10.1. The second-order valence-corrected chi connectivity index (χ2v) is 9.68. The Morgan fingerprint density at radius 1 is 0.909 bits per heavy atom. The van der Waals surface area contributed by atoms with Gasteiger partial charge in [0, 0.05) is 6.54 Å². The fourth-order valence-electron chi connectivity index (χ4n) is 3.00. The molecule has 0 aliphatic carbocycles. The summed E-state index contributed by atoms with van der Waals surface area (Å²) in [4.78, 5) is 12.6. The van der Waals surface area contributed by atoms with Crippen LogP contribution in [0.5, 0.6) is 0 Å². The Bertz CT molecular complexity index is 1250. The number of para-hydroxylation sites is 1. The molecule has 0 aliphatic heterocycles. The Kier molecular flexibility index (Phi) is 7.69. The van der Waals surface area contributed by atoms with Gasteiger partial charge in [0.2, 0.25) is 15.9 Å². The van der Waals surface area contributed by atoms with Gasteiger partial charge in [0.05, 0.1) is 32.7 Å². The molecule has 0 saturated carbocycles. The van der Waals surface area contributed by atoms with Gasteiger partial charge in [-0.1, -0.05) is 59.6 Å². The number of nitrogens with one attached hydrogen (secondary N) is 1. The third kappa shape index (κ3) is 6.26. The minimum atomic E-state index is -4.69. The lowest BCUT2D eigenvalue weighted by molar-refractivity contribution is -0.137. The van der Waals surface area contributed by atoms with Crippen LogP contribution in [0.1, 0.15) is 11.1 Å². The van der Waals surface area contributed by atoms with Gasteiger partial charge in [-0.15, -0.1) is 0 Å². The Balaban J connectivity index is 1.91. The molecular formula is C22H17Cl2F3N2O3S. The number of hydrogen-bond acceptors (Lipinski definition) is 3. The summed E-state index contributed by atoms with van der Waals surface area (Å²) in [7, 11) is -4.17. The van der Waals surface area contributed by atoms with Crippen molar-refractivity contribution in [3.05, 3.63) is 94.0 Å². The topological polar surface area (TPSA) is 66.5 Å². The molecule has 3 rings (SSSR count). The van der Waals surface area contributed by atoms with Crippen molar-refractivity contribution >= 4 is 44.8 Å². The van der Waals surface area contributed by atoms with Crippen molar-refractivity contribution < 1.29 is 26.4 Å². The van der Waals surface area contributed by atoms with E-state index < -0.39 is 39.9 Å². The number of rotatable bonds is 7. The zero-order chi connectivity index (χ0) is 24.2. The number of hydrogen-bond donors (Lipinski definition) is 1. The molecule has 33 heavy (non-hydrogen) atoms. The monoisotopic (exact) mass is 516 g/mol. The van der Waals surface area contributed by atoms with E-state index in [1.807, 2.05) is 0 Å². The lowest BCUT2D eigenvalue weighted by Gasteiger charge is -2.23. The van der Waals surface area contributed by atoms with Crippen LogP contribution in [0.15, 0.2) is 77.7 Å². The Morgan fingerprint density at radius 3 is 2.18 bits per heavy atom. The van der Waals surface area contributed by atoms with Crippen LogP contribution in [0.2, 0.25) is 10.0 Å². The summed E-state index contributed by atoms with van der Waals surface area (Å²) in [5.74, 6) is -0.939. The van der Waals surface area contributed by atoms with Gasteiger partial charge < -0.3 is 5.32 Å². The summed E-state index contributed by atoms with van der Waals surface area (Å²) < 4.78 is 67.0. The van der Waals surface area contributed by atoms with E-state index in [1.54, 1.807) is 12.1 Å². The lowest BCUT2D eigenvalue weighted by Crippen LogP contribution is -2.37. The van der Waals surface area contributed by atoms with Crippen molar-refractivity contribution in [3.63, 3.8) is 0 Å².